The zero-order valence-corrected chi connectivity index (χ0v) is 17.0. The summed E-state index contributed by atoms with van der Waals surface area (Å²) in [6.07, 6.45) is 1.82. The summed E-state index contributed by atoms with van der Waals surface area (Å²) in [4.78, 5) is 25.9. The highest BCUT2D eigenvalue weighted by atomic mass is 79.9. The van der Waals surface area contributed by atoms with Crippen molar-refractivity contribution in [3.8, 4) is 5.69 Å². The van der Waals surface area contributed by atoms with E-state index in [1.165, 1.54) is 4.90 Å². The molecule has 6 heteroatoms. The van der Waals surface area contributed by atoms with Crippen molar-refractivity contribution in [2.75, 3.05) is 6.54 Å². The zero-order chi connectivity index (χ0) is 18.3. The summed E-state index contributed by atoms with van der Waals surface area (Å²) in [5, 5.41) is -0.198. The maximum Gasteiger partial charge on any atom is 0.293 e. The summed E-state index contributed by atoms with van der Waals surface area (Å²) >= 11 is 4.54. The van der Waals surface area contributed by atoms with Gasteiger partial charge in [-0.15, -0.1) is 0 Å². The van der Waals surface area contributed by atoms with Crippen LogP contribution < -0.4 is 0 Å². The van der Waals surface area contributed by atoms with Gasteiger partial charge in [0.25, 0.3) is 11.1 Å². The molecule has 1 saturated heterocycles. The Bertz CT molecular complexity index is 914. The van der Waals surface area contributed by atoms with Crippen molar-refractivity contribution in [3.63, 3.8) is 0 Å². The van der Waals surface area contributed by atoms with E-state index >= 15 is 0 Å². The van der Waals surface area contributed by atoms with Gasteiger partial charge >= 0.3 is 0 Å². The van der Waals surface area contributed by atoms with Crippen LogP contribution in [0.2, 0.25) is 0 Å². The molecule has 1 fully saturated rings. The number of amides is 2. The van der Waals surface area contributed by atoms with Gasteiger partial charge in [0.1, 0.15) is 0 Å². The lowest BCUT2D eigenvalue weighted by Crippen LogP contribution is -2.27. The van der Waals surface area contributed by atoms with Crippen molar-refractivity contribution >= 4 is 44.9 Å². The van der Waals surface area contributed by atoms with Gasteiger partial charge in [-0.1, -0.05) is 15.9 Å². The van der Waals surface area contributed by atoms with Crippen molar-refractivity contribution < 1.29 is 9.59 Å². The number of carbonyl (C=O) groups is 2. The number of hydrogen-bond acceptors (Lipinski definition) is 3. The number of aromatic nitrogens is 1. The fraction of sp³-hybridized carbons (Fsp3) is 0.263. The average Bonchev–Trinajstić information content (AvgIpc) is 2.99. The Labute approximate surface area is 160 Å². The van der Waals surface area contributed by atoms with Gasteiger partial charge in [0.15, 0.2) is 0 Å². The Morgan fingerprint density at radius 3 is 2.48 bits per heavy atom. The number of halogens is 1. The molecule has 1 aromatic heterocycles. The normalized spacial score (nSPS) is 16.4. The third-order valence-electron chi connectivity index (χ3n) is 4.35. The molecule has 1 aromatic carbocycles. The van der Waals surface area contributed by atoms with Crippen molar-refractivity contribution in [1.29, 1.82) is 0 Å². The number of imide groups is 1. The number of hydrogen-bond donors (Lipinski definition) is 0. The van der Waals surface area contributed by atoms with Gasteiger partial charge in [-0.25, -0.2) is 0 Å². The van der Waals surface area contributed by atoms with Crippen molar-refractivity contribution in [2.45, 2.75) is 27.7 Å². The van der Waals surface area contributed by atoms with Crippen LogP contribution in [0.1, 0.15) is 29.4 Å². The van der Waals surface area contributed by atoms with E-state index < -0.39 is 0 Å². The predicted octanol–water partition coefficient (Wildman–Crippen LogP) is 5.22. The largest absolute Gasteiger partial charge is 0.318 e. The SMILES string of the molecule is CCN1C(=O)S/C(=C/c2cc(C)n(-c3ccc(Br)c(C)c3)c2C)C1=O. The van der Waals surface area contributed by atoms with Crippen LogP contribution in [0, 0.1) is 20.8 Å². The molecule has 2 amide bonds. The van der Waals surface area contributed by atoms with Gasteiger partial charge in [0.05, 0.1) is 4.91 Å². The minimum atomic E-state index is -0.207. The van der Waals surface area contributed by atoms with Crippen LogP contribution in [-0.4, -0.2) is 27.2 Å². The monoisotopic (exact) mass is 418 g/mol. The lowest BCUT2D eigenvalue weighted by atomic mass is 10.2. The van der Waals surface area contributed by atoms with Gasteiger partial charge in [0.2, 0.25) is 0 Å². The van der Waals surface area contributed by atoms with Crippen molar-refractivity contribution in [1.82, 2.24) is 9.47 Å². The van der Waals surface area contributed by atoms with E-state index in [9.17, 15) is 9.59 Å². The first-order chi connectivity index (χ1) is 11.8. The molecule has 0 radical (unpaired) electrons. The van der Waals surface area contributed by atoms with Crippen LogP contribution in [0.5, 0.6) is 0 Å². The number of aryl methyl sites for hydroxylation is 2. The quantitative estimate of drug-likeness (QED) is 0.641. The third-order valence-corrected chi connectivity index (χ3v) is 6.14. The Balaban J connectivity index is 2.03. The minimum absolute atomic E-state index is 0.198. The topological polar surface area (TPSA) is 42.3 Å². The second kappa shape index (κ2) is 6.84. The van der Waals surface area contributed by atoms with E-state index in [0.29, 0.717) is 11.4 Å². The fourth-order valence-corrected chi connectivity index (χ4v) is 4.15. The van der Waals surface area contributed by atoms with Crippen LogP contribution in [0.25, 0.3) is 11.8 Å². The molecule has 0 N–H and O–H groups in total. The Morgan fingerprint density at radius 1 is 1.16 bits per heavy atom. The summed E-state index contributed by atoms with van der Waals surface area (Å²) in [5.74, 6) is -0.207. The van der Waals surface area contributed by atoms with Gasteiger partial charge in [-0.2, -0.15) is 0 Å². The van der Waals surface area contributed by atoms with E-state index in [4.69, 9.17) is 0 Å². The predicted molar refractivity (Wildman–Crippen MR) is 106 cm³/mol. The van der Waals surface area contributed by atoms with Crippen LogP contribution in [0.4, 0.5) is 4.79 Å². The molecular weight excluding hydrogens is 400 g/mol. The summed E-state index contributed by atoms with van der Waals surface area (Å²) in [5.41, 5.74) is 5.33. The molecular formula is C19H19BrN2O2S. The molecule has 25 heavy (non-hydrogen) atoms. The number of carbonyl (C=O) groups excluding carboxylic acids is 2. The second-order valence-electron chi connectivity index (χ2n) is 6.02. The van der Waals surface area contributed by atoms with Crippen LogP contribution in [0.3, 0.4) is 0 Å². The molecule has 2 aromatic rings. The van der Waals surface area contributed by atoms with E-state index in [-0.39, 0.29) is 11.1 Å². The zero-order valence-electron chi connectivity index (χ0n) is 14.6. The molecule has 3 rings (SSSR count). The highest BCUT2D eigenvalue weighted by Gasteiger charge is 2.33. The molecule has 1 aliphatic rings. The summed E-state index contributed by atoms with van der Waals surface area (Å²) in [6, 6.07) is 8.27. The van der Waals surface area contributed by atoms with Gasteiger partial charge in [-0.3, -0.25) is 14.5 Å². The molecule has 0 spiro atoms. The molecule has 2 heterocycles. The lowest BCUT2D eigenvalue weighted by molar-refractivity contribution is -0.122. The second-order valence-corrected chi connectivity index (χ2v) is 7.87. The first kappa shape index (κ1) is 18.0. The molecule has 0 saturated carbocycles. The van der Waals surface area contributed by atoms with E-state index in [0.717, 1.165) is 44.4 Å². The third kappa shape index (κ3) is 3.20. The Kier molecular flexibility index (Phi) is 4.93. The molecule has 1 aliphatic heterocycles. The Hall–Kier alpha value is -1.79. The minimum Gasteiger partial charge on any atom is -0.318 e. The molecule has 0 atom stereocenters. The number of thioether (sulfide) groups is 1. The van der Waals surface area contributed by atoms with Crippen LogP contribution in [-0.2, 0) is 4.79 Å². The molecule has 4 nitrogen and oxygen atoms in total. The van der Waals surface area contributed by atoms with E-state index in [2.05, 4.69) is 39.6 Å². The highest BCUT2D eigenvalue weighted by molar-refractivity contribution is 9.10. The van der Waals surface area contributed by atoms with Crippen LogP contribution >= 0.6 is 27.7 Å². The summed E-state index contributed by atoms with van der Waals surface area (Å²) < 4.78 is 3.24. The number of likely N-dealkylation sites (N-methyl/N-ethyl adjacent to an activating group) is 1. The molecule has 130 valence electrons. The number of rotatable bonds is 3. The van der Waals surface area contributed by atoms with E-state index in [1.807, 2.05) is 32.1 Å². The maximum atomic E-state index is 12.3. The molecule has 0 unspecified atom stereocenters. The number of nitrogens with zero attached hydrogens (tertiary/aromatic N) is 2. The molecule has 0 aliphatic carbocycles. The lowest BCUT2D eigenvalue weighted by Gasteiger charge is -2.11. The average molecular weight is 419 g/mol. The summed E-state index contributed by atoms with van der Waals surface area (Å²) in [6.45, 7) is 8.34. The van der Waals surface area contributed by atoms with Gasteiger partial charge in [0, 0.05) is 28.1 Å². The molecule has 0 bridgehead atoms. The fourth-order valence-electron chi connectivity index (χ4n) is 3.01. The van der Waals surface area contributed by atoms with E-state index in [1.54, 1.807) is 6.92 Å². The van der Waals surface area contributed by atoms with Gasteiger partial charge < -0.3 is 4.57 Å². The smallest absolute Gasteiger partial charge is 0.293 e. The number of benzene rings is 1. The van der Waals surface area contributed by atoms with Crippen LogP contribution in [0.15, 0.2) is 33.6 Å². The summed E-state index contributed by atoms with van der Waals surface area (Å²) in [7, 11) is 0. The van der Waals surface area contributed by atoms with Gasteiger partial charge in [-0.05, 0) is 80.9 Å². The standard InChI is InChI=1S/C19H19BrN2O2S/c1-5-21-18(23)17(25-19(21)24)10-14-9-12(3)22(13(14)4)15-6-7-16(20)11(2)8-15/h6-10H,5H2,1-4H3/b17-10+. The maximum absolute atomic E-state index is 12.3. The Morgan fingerprint density at radius 2 is 1.88 bits per heavy atom. The first-order valence-corrected chi connectivity index (χ1v) is 9.65. The first-order valence-electron chi connectivity index (χ1n) is 8.04. The highest BCUT2D eigenvalue weighted by Crippen LogP contribution is 2.33. The van der Waals surface area contributed by atoms with Crippen molar-refractivity contribution in [3.05, 3.63) is 56.2 Å². The van der Waals surface area contributed by atoms with Crippen molar-refractivity contribution in [2.24, 2.45) is 0 Å².